The van der Waals surface area contributed by atoms with Crippen LogP contribution in [0.5, 0.6) is 0 Å². The highest BCUT2D eigenvalue weighted by molar-refractivity contribution is 9.10. The number of hydrogen-bond acceptors (Lipinski definition) is 3. The summed E-state index contributed by atoms with van der Waals surface area (Å²) in [6.45, 7) is 2.18. The monoisotopic (exact) mass is 388 g/mol. The summed E-state index contributed by atoms with van der Waals surface area (Å²) in [4.78, 5) is 10.6. The topological polar surface area (TPSA) is 55.2 Å². The molecule has 0 radical (unpaired) electrons. The van der Waals surface area contributed by atoms with Crippen LogP contribution in [0.25, 0.3) is 0 Å². The largest absolute Gasteiger partial charge is 0.380 e. The summed E-state index contributed by atoms with van der Waals surface area (Å²) in [5, 5.41) is 15.1. The smallest absolute Gasteiger partial charge is 0.274 e. The molecule has 2 aromatic carbocycles. The minimum Gasteiger partial charge on any atom is -0.380 e. The van der Waals surface area contributed by atoms with Gasteiger partial charge in [0, 0.05) is 22.6 Å². The summed E-state index contributed by atoms with van der Waals surface area (Å²) in [5.41, 5.74) is 2.26. The molecule has 0 aliphatic heterocycles. The molecule has 0 heterocycles. The molecular weight excluding hydrogens is 379 g/mol. The van der Waals surface area contributed by atoms with E-state index in [4.69, 9.17) is 23.2 Å². The third-order valence-electron chi connectivity index (χ3n) is 2.95. The Morgan fingerprint density at radius 3 is 2.57 bits per heavy atom. The summed E-state index contributed by atoms with van der Waals surface area (Å²) in [7, 11) is 0. The molecule has 0 saturated heterocycles. The number of nitrogens with zero attached hydrogens (tertiary/aromatic N) is 1. The van der Waals surface area contributed by atoms with E-state index in [0.717, 1.165) is 10.0 Å². The molecule has 0 spiro atoms. The molecule has 0 amide bonds. The quantitative estimate of drug-likeness (QED) is 0.548. The maximum absolute atomic E-state index is 11.0. The number of halogens is 3. The van der Waals surface area contributed by atoms with Crippen LogP contribution in [-0.2, 0) is 6.54 Å². The van der Waals surface area contributed by atoms with Crippen molar-refractivity contribution in [2.45, 2.75) is 13.5 Å². The first-order valence-electron chi connectivity index (χ1n) is 6.01. The number of nitrogens with one attached hydrogen (secondary N) is 1. The van der Waals surface area contributed by atoms with Gasteiger partial charge in [0.1, 0.15) is 0 Å². The average molecular weight is 390 g/mol. The first-order chi connectivity index (χ1) is 9.88. The molecular formula is C14H11BrCl2N2O2. The number of benzene rings is 2. The van der Waals surface area contributed by atoms with Crippen molar-refractivity contribution in [3.05, 3.63) is 66.1 Å². The highest BCUT2D eigenvalue weighted by Gasteiger charge is 2.14. The van der Waals surface area contributed by atoms with E-state index in [1.165, 1.54) is 6.07 Å². The van der Waals surface area contributed by atoms with Crippen LogP contribution >= 0.6 is 39.1 Å². The van der Waals surface area contributed by atoms with Crippen LogP contribution in [0.15, 0.2) is 34.8 Å². The normalized spacial score (nSPS) is 10.5. The fraction of sp³-hybridized carbons (Fsp3) is 0.143. The van der Waals surface area contributed by atoms with E-state index in [-0.39, 0.29) is 5.69 Å². The molecule has 4 nitrogen and oxygen atoms in total. The van der Waals surface area contributed by atoms with Gasteiger partial charge in [0.25, 0.3) is 5.69 Å². The Bertz CT molecular complexity index is 708. The number of aryl methyl sites for hydroxylation is 1. The van der Waals surface area contributed by atoms with Crippen LogP contribution in [0.4, 0.5) is 11.4 Å². The van der Waals surface area contributed by atoms with Crippen LogP contribution in [0, 0.1) is 17.0 Å². The van der Waals surface area contributed by atoms with E-state index in [0.29, 0.717) is 27.8 Å². The van der Waals surface area contributed by atoms with Gasteiger partial charge in [0.15, 0.2) is 0 Å². The summed E-state index contributed by atoms with van der Waals surface area (Å²) in [6, 6.07) is 8.55. The zero-order chi connectivity index (χ0) is 15.6. The molecule has 0 aliphatic rings. The average Bonchev–Trinajstić information content (AvgIpc) is 2.41. The van der Waals surface area contributed by atoms with Crippen molar-refractivity contribution in [2.75, 3.05) is 5.32 Å². The Morgan fingerprint density at radius 1 is 1.24 bits per heavy atom. The Balaban J connectivity index is 2.21. The number of hydrogen-bond donors (Lipinski definition) is 1. The maximum Gasteiger partial charge on any atom is 0.274 e. The van der Waals surface area contributed by atoms with Crippen LogP contribution in [0.1, 0.15) is 11.1 Å². The molecule has 2 aromatic rings. The van der Waals surface area contributed by atoms with Crippen molar-refractivity contribution in [2.24, 2.45) is 0 Å². The van der Waals surface area contributed by atoms with Crippen LogP contribution < -0.4 is 5.32 Å². The van der Waals surface area contributed by atoms with Gasteiger partial charge in [0.2, 0.25) is 0 Å². The zero-order valence-electron chi connectivity index (χ0n) is 11.0. The molecule has 0 saturated carbocycles. The summed E-state index contributed by atoms with van der Waals surface area (Å²) >= 11 is 15.2. The number of anilines is 1. The molecule has 0 unspecified atom stereocenters. The molecule has 21 heavy (non-hydrogen) atoms. The highest BCUT2D eigenvalue weighted by atomic mass is 79.9. The minimum atomic E-state index is -0.397. The molecule has 0 fully saturated rings. The molecule has 7 heteroatoms. The van der Waals surface area contributed by atoms with E-state index in [2.05, 4.69) is 21.2 Å². The van der Waals surface area contributed by atoms with Gasteiger partial charge in [-0.15, -0.1) is 0 Å². The van der Waals surface area contributed by atoms with E-state index in [1.807, 2.05) is 6.07 Å². The molecule has 0 aromatic heterocycles. The standard InChI is InChI=1S/C14H11BrCl2N2O2/c1-8-4-10(15)13(6-14(8)19(20)21)18-7-9-2-3-11(16)12(17)5-9/h2-6,18H,7H2,1H3. The molecule has 0 bridgehead atoms. The SMILES string of the molecule is Cc1cc(Br)c(NCc2ccc(Cl)c(Cl)c2)cc1[N+](=O)[O-]. The number of nitro groups is 1. The van der Waals surface area contributed by atoms with Gasteiger partial charge in [-0.05, 0) is 46.6 Å². The van der Waals surface area contributed by atoms with Crippen LogP contribution in [0.2, 0.25) is 10.0 Å². The maximum atomic E-state index is 11.0. The molecule has 1 N–H and O–H groups in total. The van der Waals surface area contributed by atoms with Crippen molar-refractivity contribution < 1.29 is 4.92 Å². The van der Waals surface area contributed by atoms with Crippen molar-refractivity contribution in [1.82, 2.24) is 0 Å². The van der Waals surface area contributed by atoms with Gasteiger partial charge in [-0.25, -0.2) is 0 Å². The third kappa shape index (κ3) is 3.87. The Morgan fingerprint density at radius 2 is 1.95 bits per heavy atom. The Hall–Kier alpha value is -1.30. The third-order valence-corrected chi connectivity index (χ3v) is 4.34. The summed E-state index contributed by atoms with van der Waals surface area (Å²) < 4.78 is 0.769. The van der Waals surface area contributed by atoms with Crippen LogP contribution in [-0.4, -0.2) is 4.92 Å². The second-order valence-electron chi connectivity index (χ2n) is 4.48. The second-order valence-corrected chi connectivity index (χ2v) is 6.15. The summed E-state index contributed by atoms with van der Waals surface area (Å²) in [5.74, 6) is 0. The lowest BCUT2D eigenvalue weighted by Gasteiger charge is -2.10. The predicted octanol–water partition coefficient (Wildman–Crippen LogP) is 5.58. The highest BCUT2D eigenvalue weighted by Crippen LogP contribution is 2.31. The molecule has 2 rings (SSSR count). The van der Waals surface area contributed by atoms with Crippen molar-refractivity contribution >= 4 is 50.5 Å². The van der Waals surface area contributed by atoms with Crippen molar-refractivity contribution in [3.63, 3.8) is 0 Å². The van der Waals surface area contributed by atoms with Gasteiger partial charge in [0.05, 0.1) is 20.7 Å². The molecule has 110 valence electrons. The van der Waals surface area contributed by atoms with Gasteiger partial charge in [-0.1, -0.05) is 29.3 Å². The molecule has 0 aliphatic carbocycles. The van der Waals surface area contributed by atoms with Gasteiger partial charge in [-0.3, -0.25) is 10.1 Å². The minimum absolute atomic E-state index is 0.0786. The summed E-state index contributed by atoms with van der Waals surface area (Å²) in [6.07, 6.45) is 0. The Labute approximate surface area is 140 Å². The van der Waals surface area contributed by atoms with Crippen molar-refractivity contribution in [1.29, 1.82) is 0 Å². The van der Waals surface area contributed by atoms with Gasteiger partial charge < -0.3 is 5.32 Å². The first-order valence-corrected chi connectivity index (χ1v) is 7.55. The molecule has 0 atom stereocenters. The predicted molar refractivity (Wildman–Crippen MR) is 89.3 cm³/mol. The number of nitro benzene ring substituents is 1. The second kappa shape index (κ2) is 6.64. The van der Waals surface area contributed by atoms with E-state index >= 15 is 0 Å². The lowest BCUT2D eigenvalue weighted by molar-refractivity contribution is -0.385. The fourth-order valence-corrected chi connectivity index (χ4v) is 2.76. The number of rotatable bonds is 4. The lowest BCUT2D eigenvalue weighted by atomic mass is 10.1. The Kier molecular flexibility index (Phi) is 5.08. The van der Waals surface area contributed by atoms with Crippen LogP contribution in [0.3, 0.4) is 0 Å². The van der Waals surface area contributed by atoms with Gasteiger partial charge >= 0.3 is 0 Å². The fourth-order valence-electron chi connectivity index (χ4n) is 1.84. The first kappa shape index (κ1) is 16.1. The van der Waals surface area contributed by atoms with E-state index < -0.39 is 4.92 Å². The van der Waals surface area contributed by atoms with Gasteiger partial charge in [-0.2, -0.15) is 0 Å². The lowest BCUT2D eigenvalue weighted by Crippen LogP contribution is -2.02. The zero-order valence-corrected chi connectivity index (χ0v) is 14.1. The van der Waals surface area contributed by atoms with E-state index in [1.54, 1.807) is 25.1 Å². The van der Waals surface area contributed by atoms with Crippen molar-refractivity contribution in [3.8, 4) is 0 Å². The van der Waals surface area contributed by atoms with E-state index in [9.17, 15) is 10.1 Å².